The second-order valence-corrected chi connectivity index (χ2v) is 14.0. The summed E-state index contributed by atoms with van der Waals surface area (Å²) in [7, 11) is 1.00. The number of esters is 3. The van der Waals surface area contributed by atoms with Crippen molar-refractivity contribution < 1.29 is 72.8 Å². The average molecular weight is 878 g/mol. The maximum absolute atomic E-state index is 12.4. The van der Waals surface area contributed by atoms with Crippen molar-refractivity contribution in [1.29, 1.82) is 0 Å². The molecule has 8 N–H and O–H groups in total. The zero-order chi connectivity index (χ0) is 47.5. The lowest BCUT2D eigenvalue weighted by molar-refractivity contribution is -0.159. The number of nitrogens with one attached hydrogen (secondary N) is 2. The highest BCUT2D eigenvalue weighted by Gasteiger charge is 2.34. The first-order chi connectivity index (χ1) is 28.9. The first-order valence-electron chi connectivity index (χ1n) is 20.3. The van der Waals surface area contributed by atoms with Crippen LogP contribution in [0.1, 0.15) is 73.1 Å². The van der Waals surface area contributed by atoms with Crippen molar-refractivity contribution in [3.05, 3.63) is 49.6 Å². The molecule has 0 heterocycles. The van der Waals surface area contributed by atoms with Gasteiger partial charge in [-0.3, -0.25) is 14.4 Å². The van der Waals surface area contributed by atoms with E-state index in [1.165, 1.54) is 0 Å². The lowest BCUT2D eigenvalue weighted by Gasteiger charge is -2.32. The Bertz CT molecular complexity index is 1220. The van der Waals surface area contributed by atoms with Crippen LogP contribution in [0.2, 0.25) is 0 Å². The molecule has 356 valence electrons. The molecule has 0 saturated carbocycles. The Morgan fingerprint density at radius 2 is 1.13 bits per heavy atom. The molecular weight excluding hydrogens is 798 g/mol. The third kappa shape index (κ3) is 38.6. The van der Waals surface area contributed by atoms with Crippen LogP contribution in [0.4, 0.5) is 0 Å². The maximum atomic E-state index is 12.4. The normalized spacial score (nSPS) is 11.9. The van der Waals surface area contributed by atoms with E-state index >= 15 is 0 Å². The highest BCUT2D eigenvalue weighted by molar-refractivity contribution is 5.87. The molecule has 0 bridgehead atoms. The van der Waals surface area contributed by atoms with Gasteiger partial charge in [-0.1, -0.05) is 46.1 Å². The number of aliphatic carboxylic acids is 2. The van der Waals surface area contributed by atoms with Crippen LogP contribution < -0.4 is 16.4 Å². The fraction of sp³-hybridized carbons (Fsp3) is 0.698. The number of hydrogen-bond donors (Lipinski definition) is 7. The summed E-state index contributed by atoms with van der Waals surface area (Å²) < 4.78 is 33.0. The topological polar surface area (TPSA) is 272 Å². The maximum Gasteiger partial charge on any atom is 0.333 e. The van der Waals surface area contributed by atoms with Gasteiger partial charge in [0.15, 0.2) is 0 Å². The third-order valence-electron chi connectivity index (χ3n) is 8.31. The molecule has 0 aromatic rings. The summed E-state index contributed by atoms with van der Waals surface area (Å²) in [5, 5.41) is 38.4. The van der Waals surface area contributed by atoms with Crippen molar-refractivity contribution in [3.8, 4) is 0 Å². The molecule has 0 amide bonds. The summed E-state index contributed by atoms with van der Waals surface area (Å²) in [4.78, 5) is 55.9. The molecular formula is C43H79N3O15. The molecule has 0 aromatic heterocycles. The second kappa shape index (κ2) is 42.7. The predicted octanol–water partition coefficient (Wildman–Crippen LogP) is 3.06. The number of rotatable bonds is 35. The Labute approximate surface area is 363 Å². The minimum atomic E-state index is -0.907. The monoisotopic (exact) mass is 878 g/mol. The van der Waals surface area contributed by atoms with E-state index in [0.717, 1.165) is 33.0 Å². The Hall–Kier alpha value is -4.01. The zero-order valence-electron chi connectivity index (χ0n) is 37.8. The van der Waals surface area contributed by atoms with Gasteiger partial charge in [0.1, 0.15) is 19.8 Å². The van der Waals surface area contributed by atoms with Crippen LogP contribution >= 0.6 is 0 Å². The first kappa shape index (κ1) is 63.6. The number of ether oxygens (including phenoxy) is 6. The van der Waals surface area contributed by atoms with Gasteiger partial charge in [0.05, 0.1) is 62.6 Å². The van der Waals surface area contributed by atoms with Crippen molar-refractivity contribution in [2.45, 2.75) is 73.1 Å². The molecule has 18 heteroatoms. The molecule has 2 unspecified atom stereocenters. The van der Waals surface area contributed by atoms with Gasteiger partial charge in [0.2, 0.25) is 0 Å². The number of carbonyl (C=O) groups excluding carboxylic acids is 3. The van der Waals surface area contributed by atoms with E-state index in [2.05, 4.69) is 36.9 Å². The largest absolute Gasteiger partial charge is 0.481 e. The smallest absolute Gasteiger partial charge is 0.333 e. The number of aliphatic hydroxyl groups excluding tert-OH is 2. The number of aliphatic hydroxyl groups is 2. The van der Waals surface area contributed by atoms with Crippen LogP contribution in [0.25, 0.3) is 0 Å². The number of carboxylic acid groups (broad SMARTS) is 2. The van der Waals surface area contributed by atoms with E-state index in [1.54, 1.807) is 32.9 Å². The molecule has 18 nitrogen and oxygen atoms in total. The zero-order valence-corrected chi connectivity index (χ0v) is 37.8. The van der Waals surface area contributed by atoms with Crippen LogP contribution in [-0.4, -0.2) is 156 Å². The number of nitrogens with two attached hydrogens (primary N) is 1. The minimum absolute atomic E-state index is 0.0247. The quantitative estimate of drug-likeness (QED) is 0.0158. The molecule has 0 aliphatic heterocycles. The molecule has 0 rings (SSSR count). The summed E-state index contributed by atoms with van der Waals surface area (Å²) in [6.07, 6.45) is 6.22. The summed E-state index contributed by atoms with van der Waals surface area (Å²) in [6.45, 7) is 28.5. The lowest BCUT2D eigenvalue weighted by Crippen LogP contribution is -2.40. The lowest BCUT2D eigenvalue weighted by atomic mass is 9.88. The summed E-state index contributed by atoms with van der Waals surface area (Å²) in [6, 6.07) is 0. The van der Waals surface area contributed by atoms with Crippen LogP contribution in [0.15, 0.2) is 49.6 Å². The van der Waals surface area contributed by atoms with Gasteiger partial charge < -0.3 is 65.2 Å². The van der Waals surface area contributed by atoms with Crippen molar-refractivity contribution >= 4 is 29.8 Å². The van der Waals surface area contributed by atoms with Gasteiger partial charge in [0, 0.05) is 51.1 Å². The second-order valence-electron chi connectivity index (χ2n) is 14.0. The Morgan fingerprint density at radius 3 is 1.52 bits per heavy atom. The van der Waals surface area contributed by atoms with Crippen molar-refractivity contribution in [2.24, 2.45) is 22.5 Å². The summed E-state index contributed by atoms with van der Waals surface area (Å²) in [5.74, 6) is -3.53. The Morgan fingerprint density at radius 1 is 0.689 bits per heavy atom. The van der Waals surface area contributed by atoms with E-state index in [-0.39, 0.29) is 70.0 Å². The van der Waals surface area contributed by atoms with E-state index in [4.69, 9.17) is 54.6 Å². The minimum Gasteiger partial charge on any atom is -0.481 e. The highest BCUT2D eigenvalue weighted by atomic mass is 16.6. The van der Waals surface area contributed by atoms with E-state index in [0.29, 0.717) is 58.0 Å². The van der Waals surface area contributed by atoms with Gasteiger partial charge in [-0.25, -0.2) is 9.59 Å². The number of carboxylic acids is 2. The van der Waals surface area contributed by atoms with Crippen LogP contribution in [0, 0.1) is 16.7 Å². The van der Waals surface area contributed by atoms with Crippen LogP contribution in [-0.2, 0) is 52.4 Å². The van der Waals surface area contributed by atoms with Gasteiger partial charge in [-0.15, -0.1) is 13.2 Å². The predicted molar refractivity (Wildman–Crippen MR) is 234 cm³/mol. The van der Waals surface area contributed by atoms with Gasteiger partial charge >= 0.3 is 29.8 Å². The first-order valence-corrected chi connectivity index (χ1v) is 20.3. The molecule has 61 heavy (non-hydrogen) atoms. The van der Waals surface area contributed by atoms with Crippen molar-refractivity contribution in [2.75, 3.05) is 106 Å². The SMILES string of the molecule is C=C(C)C(=O)OCC(CC)(COCCCNCCCO)COC(=O)C(C)CNCCC(=O)O.C=CCOCC(CC)(COCC=C)COC(=O)C(=C)C.CO.NCCC(=O)O. The molecule has 0 fully saturated rings. The van der Waals surface area contributed by atoms with Gasteiger partial charge in [-0.05, 0) is 52.6 Å². The molecule has 0 radical (unpaired) electrons. The molecule has 2 atom stereocenters. The average Bonchev–Trinajstić information content (AvgIpc) is 3.23. The number of hydrogen-bond acceptors (Lipinski definition) is 16. The van der Waals surface area contributed by atoms with E-state index in [9.17, 15) is 24.0 Å². The molecule has 0 spiro atoms. The molecule has 0 aromatic carbocycles. The molecule has 0 aliphatic rings. The summed E-state index contributed by atoms with van der Waals surface area (Å²) >= 11 is 0. The number of carbonyl (C=O) groups is 5. The fourth-order valence-electron chi connectivity index (χ4n) is 4.27. The summed E-state index contributed by atoms with van der Waals surface area (Å²) in [5.41, 5.74) is 4.46. The van der Waals surface area contributed by atoms with Crippen molar-refractivity contribution in [1.82, 2.24) is 10.6 Å². The van der Waals surface area contributed by atoms with Gasteiger partial charge in [0.25, 0.3) is 0 Å². The Balaban J connectivity index is -0.000000489. The highest BCUT2D eigenvalue weighted by Crippen LogP contribution is 2.26. The fourth-order valence-corrected chi connectivity index (χ4v) is 4.27. The Kier molecular flexibility index (Phi) is 44.5. The van der Waals surface area contributed by atoms with Crippen LogP contribution in [0.3, 0.4) is 0 Å². The van der Waals surface area contributed by atoms with Gasteiger partial charge in [-0.2, -0.15) is 0 Å². The molecule has 0 aliphatic carbocycles. The van der Waals surface area contributed by atoms with E-state index < -0.39 is 41.2 Å². The van der Waals surface area contributed by atoms with E-state index in [1.807, 2.05) is 13.8 Å². The molecule has 0 saturated heterocycles. The van der Waals surface area contributed by atoms with Crippen molar-refractivity contribution in [3.63, 3.8) is 0 Å². The van der Waals surface area contributed by atoms with Crippen LogP contribution in [0.5, 0.6) is 0 Å². The standard InChI is InChI=1S/C23H42N2O8.C16H26O4.C3H7NO2.CH4O/c1-5-23(16-32-21(29)18(2)3,15-31-13-7-10-24-9-6-12-26)17-33-22(30)19(4)14-25-11-8-20(27)28;1-6-9-18-11-16(8-3,12-19-10-7-2)13-20-15(17)14(4)5;4-2-1-3(5)6;1-2/h19,24-26H,2,5-17H2,1,3-4H3,(H,27,28);6-7H,1-2,4,8-13H2,3,5H3;1-2,4H2,(H,5,6);2H,1H3. The third-order valence-corrected chi connectivity index (χ3v) is 8.31.